The van der Waals surface area contributed by atoms with E-state index in [0.717, 1.165) is 5.76 Å². The molecular weight excluding hydrogens is 260 g/mol. The van der Waals surface area contributed by atoms with Crippen LogP contribution in [0.25, 0.3) is 0 Å². The SMILES string of the molecule is Cc1cc(C(=O)c2occc2Br)c(C)o1. The van der Waals surface area contributed by atoms with Gasteiger partial charge in [-0.15, -0.1) is 0 Å². The highest BCUT2D eigenvalue weighted by Gasteiger charge is 2.20. The molecule has 15 heavy (non-hydrogen) atoms. The summed E-state index contributed by atoms with van der Waals surface area (Å²) in [6, 6.07) is 3.40. The van der Waals surface area contributed by atoms with Gasteiger partial charge >= 0.3 is 0 Å². The fraction of sp³-hybridized carbons (Fsp3) is 0.182. The summed E-state index contributed by atoms with van der Waals surface area (Å²) in [7, 11) is 0. The number of aryl methyl sites for hydroxylation is 2. The molecule has 0 amide bonds. The van der Waals surface area contributed by atoms with Crippen LogP contribution in [0.2, 0.25) is 0 Å². The average Bonchev–Trinajstić information content (AvgIpc) is 2.71. The van der Waals surface area contributed by atoms with Crippen molar-refractivity contribution in [3.63, 3.8) is 0 Å². The Labute approximate surface area is 95.2 Å². The van der Waals surface area contributed by atoms with Crippen LogP contribution < -0.4 is 0 Å². The Morgan fingerprint density at radius 2 is 2.13 bits per heavy atom. The van der Waals surface area contributed by atoms with Crippen molar-refractivity contribution in [2.24, 2.45) is 0 Å². The molecule has 0 saturated heterocycles. The molecule has 0 fully saturated rings. The molecule has 0 bridgehead atoms. The highest BCUT2D eigenvalue weighted by molar-refractivity contribution is 9.10. The zero-order valence-electron chi connectivity index (χ0n) is 8.33. The largest absolute Gasteiger partial charge is 0.466 e. The Bertz CT molecular complexity index is 508. The fourth-order valence-corrected chi connectivity index (χ4v) is 1.82. The van der Waals surface area contributed by atoms with Gasteiger partial charge in [0.1, 0.15) is 11.5 Å². The Hall–Kier alpha value is -1.29. The molecule has 0 spiro atoms. The van der Waals surface area contributed by atoms with Gasteiger partial charge in [-0.3, -0.25) is 4.79 Å². The maximum Gasteiger partial charge on any atom is 0.232 e. The summed E-state index contributed by atoms with van der Waals surface area (Å²) in [6.07, 6.45) is 1.47. The van der Waals surface area contributed by atoms with Crippen molar-refractivity contribution in [3.8, 4) is 0 Å². The molecule has 2 heterocycles. The Kier molecular flexibility index (Phi) is 2.52. The summed E-state index contributed by atoms with van der Waals surface area (Å²) in [5.41, 5.74) is 0.545. The van der Waals surface area contributed by atoms with Gasteiger partial charge in [0, 0.05) is 0 Å². The van der Waals surface area contributed by atoms with Crippen LogP contribution in [0.3, 0.4) is 0 Å². The zero-order chi connectivity index (χ0) is 11.0. The van der Waals surface area contributed by atoms with E-state index in [1.54, 1.807) is 26.0 Å². The number of furan rings is 2. The van der Waals surface area contributed by atoms with Gasteiger partial charge in [-0.1, -0.05) is 0 Å². The highest BCUT2D eigenvalue weighted by atomic mass is 79.9. The van der Waals surface area contributed by atoms with Gasteiger partial charge in [0.25, 0.3) is 0 Å². The van der Waals surface area contributed by atoms with Crippen LogP contribution in [0.15, 0.2) is 31.7 Å². The topological polar surface area (TPSA) is 43.4 Å². The molecule has 2 aromatic heterocycles. The van der Waals surface area contributed by atoms with E-state index in [0.29, 0.717) is 21.6 Å². The molecule has 0 radical (unpaired) electrons. The maximum atomic E-state index is 12.0. The molecule has 0 saturated carbocycles. The first-order valence-electron chi connectivity index (χ1n) is 4.44. The first-order chi connectivity index (χ1) is 7.09. The van der Waals surface area contributed by atoms with Crippen molar-refractivity contribution in [2.45, 2.75) is 13.8 Å². The number of hydrogen-bond acceptors (Lipinski definition) is 3. The van der Waals surface area contributed by atoms with Crippen molar-refractivity contribution < 1.29 is 13.6 Å². The van der Waals surface area contributed by atoms with Gasteiger partial charge in [-0.05, 0) is 41.9 Å². The molecule has 0 aliphatic carbocycles. The predicted molar refractivity (Wildman–Crippen MR) is 58.0 cm³/mol. The van der Waals surface area contributed by atoms with Crippen molar-refractivity contribution in [1.82, 2.24) is 0 Å². The van der Waals surface area contributed by atoms with Gasteiger partial charge in [0.05, 0.1) is 16.3 Å². The molecule has 78 valence electrons. The standard InChI is InChI=1S/C11H9BrO3/c1-6-5-8(7(2)15-6)10(13)11-9(12)3-4-14-11/h3-5H,1-2H3. The molecule has 0 aliphatic rings. The molecule has 0 unspecified atom stereocenters. The van der Waals surface area contributed by atoms with Gasteiger partial charge in [-0.2, -0.15) is 0 Å². The fourth-order valence-electron chi connectivity index (χ4n) is 1.43. The van der Waals surface area contributed by atoms with Crippen LogP contribution in [-0.2, 0) is 0 Å². The van der Waals surface area contributed by atoms with Gasteiger partial charge in [0.2, 0.25) is 5.78 Å². The number of halogens is 1. The minimum Gasteiger partial charge on any atom is -0.466 e. The van der Waals surface area contributed by atoms with Gasteiger partial charge in [0.15, 0.2) is 5.76 Å². The van der Waals surface area contributed by atoms with Crippen LogP contribution in [0, 0.1) is 13.8 Å². The van der Waals surface area contributed by atoms with Crippen LogP contribution in [0.4, 0.5) is 0 Å². The first kappa shape index (κ1) is 10.2. The van der Waals surface area contributed by atoms with Crippen molar-refractivity contribution >= 4 is 21.7 Å². The number of carbonyl (C=O) groups is 1. The summed E-state index contributed by atoms with van der Waals surface area (Å²) in [4.78, 5) is 12.0. The second-order valence-corrected chi connectivity index (χ2v) is 4.11. The number of hydrogen-bond donors (Lipinski definition) is 0. The smallest absolute Gasteiger partial charge is 0.232 e. The summed E-state index contributed by atoms with van der Waals surface area (Å²) in [6.45, 7) is 3.57. The molecule has 0 N–H and O–H groups in total. The molecule has 2 rings (SSSR count). The third-order valence-corrected chi connectivity index (χ3v) is 2.73. The number of carbonyl (C=O) groups excluding carboxylic acids is 1. The lowest BCUT2D eigenvalue weighted by Gasteiger charge is -1.95. The average molecular weight is 269 g/mol. The van der Waals surface area contributed by atoms with E-state index in [9.17, 15) is 4.79 Å². The van der Waals surface area contributed by atoms with Gasteiger partial charge in [-0.25, -0.2) is 0 Å². The van der Waals surface area contributed by atoms with E-state index >= 15 is 0 Å². The third kappa shape index (κ3) is 1.77. The number of ketones is 1. The third-order valence-electron chi connectivity index (χ3n) is 2.11. The zero-order valence-corrected chi connectivity index (χ0v) is 9.92. The van der Waals surface area contributed by atoms with E-state index in [4.69, 9.17) is 8.83 Å². The quantitative estimate of drug-likeness (QED) is 0.784. The molecule has 3 nitrogen and oxygen atoms in total. The van der Waals surface area contributed by atoms with Crippen molar-refractivity contribution in [1.29, 1.82) is 0 Å². The second-order valence-electron chi connectivity index (χ2n) is 3.25. The molecular formula is C11H9BrO3. The minimum atomic E-state index is -0.166. The van der Waals surface area contributed by atoms with Crippen LogP contribution >= 0.6 is 15.9 Å². The predicted octanol–water partition coefficient (Wildman–Crippen LogP) is 3.48. The minimum absolute atomic E-state index is 0.166. The first-order valence-corrected chi connectivity index (χ1v) is 5.23. The van der Waals surface area contributed by atoms with Crippen molar-refractivity contribution in [2.75, 3.05) is 0 Å². The lowest BCUT2D eigenvalue weighted by atomic mass is 10.1. The van der Waals surface area contributed by atoms with E-state index in [1.807, 2.05) is 0 Å². The molecule has 0 aromatic carbocycles. The summed E-state index contributed by atoms with van der Waals surface area (Å²) < 4.78 is 11.1. The Balaban J connectivity index is 2.45. The van der Waals surface area contributed by atoms with E-state index in [2.05, 4.69) is 15.9 Å². The van der Waals surface area contributed by atoms with E-state index in [1.165, 1.54) is 6.26 Å². The Morgan fingerprint density at radius 1 is 1.40 bits per heavy atom. The maximum absolute atomic E-state index is 12.0. The summed E-state index contributed by atoms with van der Waals surface area (Å²) in [5, 5.41) is 0. The molecule has 0 aliphatic heterocycles. The monoisotopic (exact) mass is 268 g/mol. The van der Waals surface area contributed by atoms with E-state index < -0.39 is 0 Å². The van der Waals surface area contributed by atoms with Crippen LogP contribution in [0.5, 0.6) is 0 Å². The molecule has 2 aromatic rings. The van der Waals surface area contributed by atoms with Gasteiger partial charge < -0.3 is 8.83 Å². The van der Waals surface area contributed by atoms with Crippen molar-refractivity contribution in [3.05, 3.63) is 45.7 Å². The molecule has 4 heteroatoms. The second kappa shape index (κ2) is 3.70. The lowest BCUT2D eigenvalue weighted by molar-refractivity contribution is 0.101. The normalized spacial score (nSPS) is 10.6. The number of rotatable bonds is 2. The molecule has 0 atom stereocenters. The lowest BCUT2D eigenvalue weighted by Crippen LogP contribution is -2.00. The van der Waals surface area contributed by atoms with Crippen LogP contribution in [-0.4, -0.2) is 5.78 Å². The highest BCUT2D eigenvalue weighted by Crippen LogP contribution is 2.24. The summed E-state index contributed by atoms with van der Waals surface area (Å²) in [5.74, 6) is 1.47. The van der Waals surface area contributed by atoms with E-state index in [-0.39, 0.29) is 5.78 Å². The van der Waals surface area contributed by atoms with Crippen LogP contribution in [0.1, 0.15) is 27.6 Å². The Morgan fingerprint density at radius 3 is 2.60 bits per heavy atom. The summed E-state index contributed by atoms with van der Waals surface area (Å²) >= 11 is 3.25.